The fourth-order valence-electron chi connectivity index (χ4n) is 4.57. The van der Waals surface area contributed by atoms with Crippen LogP contribution in [0.3, 0.4) is 0 Å². The van der Waals surface area contributed by atoms with Crippen LogP contribution in [0.2, 0.25) is 0 Å². The van der Waals surface area contributed by atoms with Crippen LogP contribution in [-0.4, -0.2) is 35.2 Å². The monoisotopic (exact) mass is 639 g/mol. The van der Waals surface area contributed by atoms with Crippen LogP contribution in [0.4, 0.5) is 26.3 Å². The van der Waals surface area contributed by atoms with Crippen LogP contribution in [0.15, 0.2) is 77.7 Å². The molecule has 44 heavy (non-hydrogen) atoms. The van der Waals surface area contributed by atoms with E-state index in [2.05, 4.69) is 4.98 Å². The van der Waals surface area contributed by atoms with Gasteiger partial charge >= 0.3 is 12.1 Å². The number of alkyl halides is 5. The van der Waals surface area contributed by atoms with E-state index in [1.165, 1.54) is 54.6 Å². The van der Waals surface area contributed by atoms with Gasteiger partial charge in [-0.15, -0.1) is 0 Å². The third-order valence-corrected chi connectivity index (χ3v) is 8.19. The summed E-state index contributed by atoms with van der Waals surface area (Å²) in [7, 11) is -4.43. The lowest BCUT2D eigenvalue weighted by Crippen LogP contribution is -2.35. The van der Waals surface area contributed by atoms with E-state index in [1.807, 2.05) is 11.6 Å². The number of aliphatic hydroxyl groups excluding tert-OH is 1. The van der Waals surface area contributed by atoms with Crippen LogP contribution >= 0.6 is 0 Å². The maximum Gasteiger partial charge on any atom is 0.459 e. The van der Waals surface area contributed by atoms with Crippen molar-refractivity contribution in [3.8, 4) is 11.1 Å². The van der Waals surface area contributed by atoms with Gasteiger partial charge in [-0.25, -0.2) is 22.5 Å². The smallest absolute Gasteiger partial charge is 0.390 e. The van der Waals surface area contributed by atoms with Gasteiger partial charge < -0.3 is 9.67 Å². The van der Waals surface area contributed by atoms with Crippen molar-refractivity contribution in [3.05, 3.63) is 107 Å². The molecule has 0 saturated carbocycles. The lowest BCUT2D eigenvalue weighted by molar-refractivity contribution is -0.291. The van der Waals surface area contributed by atoms with E-state index in [0.717, 1.165) is 16.7 Å². The van der Waals surface area contributed by atoms with Crippen LogP contribution in [0, 0.1) is 5.82 Å². The first kappa shape index (κ1) is 32.7. The Balaban J connectivity index is 1.66. The standard InChI is InChI=1S/C30H27F6N3O4S/c1-2-3-11-26-37-27(29(32,33)30(34,35)36)24(18-40)39(26)17-19-12-14-20(15-13-19)23-9-4-5-10-25(23)44(42,43)38-28(41)21-7-6-8-22(31)16-21/h4-10,12-16,40H,2-3,11,17-18H2,1H3,(H,38,41). The largest absolute Gasteiger partial charge is 0.459 e. The highest BCUT2D eigenvalue weighted by atomic mass is 32.2. The molecule has 0 radical (unpaired) electrons. The number of hydrogen-bond acceptors (Lipinski definition) is 5. The van der Waals surface area contributed by atoms with Crippen molar-refractivity contribution >= 4 is 15.9 Å². The molecule has 1 heterocycles. The van der Waals surface area contributed by atoms with Gasteiger partial charge in [0.25, 0.3) is 15.9 Å². The topological polar surface area (TPSA) is 101 Å². The average molecular weight is 640 g/mol. The zero-order chi connectivity index (χ0) is 32.3. The number of benzene rings is 3. The predicted molar refractivity (Wildman–Crippen MR) is 149 cm³/mol. The fraction of sp³-hybridized carbons (Fsp3) is 0.267. The Hall–Kier alpha value is -4.17. The zero-order valence-electron chi connectivity index (χ0n) is 23.2. The summed E-state index contributed by atoms with van der Waals surface area (Å²) in [5, 5.41) is 9.83. The molecule has 7 nitrogen and oxygen atoms in total. The normalized spacial score (nSPS) is 12.4. The number of aromatic nitrogens is 2. The minimum absolute atomic E-state index is 0.0376. The van der Waals surface area contributed by atoms with Gasteiger partial charge in [0.15, 0.2) is 0 Å². The summed E-state index contributed by atoms with van der Waals surface area (Å²) < 4.78 is 111. The van der Waals surface area contributed by atoms with Crippen molar-refractivity contribution in [2.45, 2.75) is 56.3 Å². The zero-order valence-corrected chi connectivity index (χ0v) is 24.0. The maximum absolute atomic E-state index is 14.3. The summed E-state index contributed by atoms with van der Waals surface area (Å²) in [6, 6.07) is 16.4. The Bertz CT molecular complexity index is 1750. The highest BCUT2D eigenvalue weighted by Gasteiger charge is 2.61. The number of aliphatic hydroxyl groups is 1. The Labute approximate surface area is 249 Å². The number of carbonyl (C=O) groups excluding carboxylic acids is 1. The molecule has 0 fully saturated rings. The minimum Gasteiger partial charge on any atom is -0.390 e. The molecule has 4 rings (SSSR count). The fourth-order valence-corrected chi connectivity index (χ4v) is 5.78. The Morgan fingerprint density at radius 1 is 0.977 bits per heavy atom. The number of rotatable bonds is 11. The molecule has 0 aliphatic heterocycles. The number of hydrogen-bond donors (Lipinski definition) is 2. The van der Waals surface area contributed by atoms with E-state index in [9.17, 15) is 44.7 Å². The second kappa shape index (κ2) is 12.8. The van der Waals surface area contributed by atoms with Gasteiger partial charge in [0.2, 0.25) is 0 Å². The molecule has 0 spiro atoms. The summed E-state index contributed by atoms with van der Waals surface area (Å²) in [5.74, 6) is -7.08. The van der Waals surface area contributed by atoms with E-state index in [-0.39, 0.29) is 34.8 Å². The van der Waals surface area contributed by atoms with Crippen molar-refractivity contribution in [1.82, 2.24) is 14.3 Å². The molecule has 4 aromatic rings. The van der Waals surface area contributed by atoms with Crippen LogP contribution in [-0.2, 0) is 35.5 Å². The molecular weight excluding hydrogens is 612 g/mol. The van der Waals surface area contributed by atoms with E-state index < -0.39 is 51.8 Å². The van der Waals surface area contributed by atoms with E-state index >= 15 is 0 Å². The molecule has 0 aliphatic carbocycles. The molecular formula is C30H27F6N3O4S. The van der Waals surface area contributed by atoms with E-state index in [0.29, 0.717) is 24.0 Å². The minimum atomic E-state index is -5.91. The summed E-state index contributed by atoms with van der Waals surface area (Å²) in [6.45, 7) is 0.514. The van der Waals surface area contributed by atoms with Crippen molar-refractivity contribution in [2.24, 2.45) is 0 Å². The highest BCUT2D eigenvalue weighted by Crippen LogP contribution is 2.45. The number of carbonyl (C=O) groups is 1. The van der Waals surface area contributed by atoms with Gasteiger partial charge in [-0.3, -0.25) is 4.79 Å². The van der Waals surface area contributed by atoms with Crippen molar-refractivity contribution in [3.63, 3.8) is 0 Å². The molecule has 234 valence electrons. The van der Waals surface area contributed by atoms with Crippen LogP contribution in [0.1, 0.15) is 52.9 Å². The molecule has 14 heteroatoms. The maximum atomic E-state index is 14.3. The Morgan fingerprint density at radius 2 is 1.66 bits per heavy atom. The number of imidazole rings is 1. The number of amides is 1. The summed E-state index contributed by atoms with van der Waals surface area (Å²) in [6.07, 6.45) is -4.74. The number of nitrogens with one attached hydrogen (secondary N) is 1. The van der Waals surface area contributed by atoms with Crippen molar-refractivity contribution in [1.29, 1.82) is 0 Å². The molecule has 1 amide bonds. The van der Waals surface area contributed by atoms with Gasteiger partial charge in [-0.05, 0) is 41.8 Å². The third-order valence-electron chi connectivity index (χ3n) is 6.80. The molecule has 0 bridgehead atoms. The van der Waals surface area contributed by atoms with Gasteiger partial charge in [0, 0.05) is 24.1 Å². The molecule has 0 saturated heterocycles. The molecule has 2 N–H and O–H groups in total. The van der Waals surface area contributed by atoms with E-state index in [1.54, 1.807) is 6.07 Å². The number of aryl methyl sites for hydroxylation is 1. The first-order valence-electron chi connectivity index (χ1n) is 13.3. The first-order chi connectivity index (χ1) is 20.7. The number of sulfonamides is 1. The third kappa shape index (κ3) is 6.81. The van der Waals surface area contributed by atoms with E-state index in [4.69, 9.17) is 0 Å². The van der Waals surface area contributed by atoms with Gasteiger partial charge in [0.05, 0.1) is 17.2 Å². The summed E-state index contributed by atoms with van der Waals surface area (Å²) in [5.41, 5.74) is -1.38. The predicted octanol–water partition coefficient (Wildman–Crippen LogP) is 6.35. The molecule has 3 aromatic carbocycles. The van der Waals surface area contributed by atoms with Crippen molar-refractivity contribution in [2.75, 3.05) is 0 Å². The summed E-state index contributed by atoms with van der Waals surface area (Å²) in [4.78, 5) is 15.9. The first-order valence-corrected chi connectivity index (χ1v) is 14.8. The molecule has 0 atom stereocenters. The second-order valence-corrected chi connectivity index (χ2v) is 11.5. The average Bonchev–Trinajstić information content (AvgIpc) is 3.33. The Morgan fingerprint density at radius 3 is 2.27 bits per heavy atom. The lowest BCUT2D eigenvalue weighted by atomic mass is 10.0. The van der Waals surface area contributed by atoms with Gasteiger partial charge in [-0.2, -0.15) is 22.0 Å². The number of nitrogens with zero attached hydrogens (tertiary/aromatic N) is 2. The molecule has 0 aliphatic rings. The SMILES string of the molecule is CCCCc1nc(C(F)(F)C(F)(F)F)c(CO)n1Cc1ccc(-c2ccccc2S(=O)(=O)NC(=O)c2cccc(F)c2)cc1. The highest BCUT2D eigenvalue weighted by molar-refractivity contribution is 7.90. The van der Waals surface area contributed by atoms with Crippen LogP contribution in [0.25, 0.3) is 11.1 Å². The van der Waals surface area contributed by atoms with Gasteiger partial charge in [0.1, 0.15) is 17.3 Å². The Kier molecular flexibility index (Phi) is 9.54. The number of unbranched alkanes of at least 4 members (excludes halogenated alkanes) is 1. The molecule has 0 unspecified atom stereocenters. The molecule has 1 aromatic heterocycles. The quantitative estimate of drug-likeness (QED) is 0.187. The number of halogens is 6. The van der Waals surface area contributed by atoms with Crippen LogP contribution < -0.4 is 4.72 Å². The van der Waals surface area contributed by atoms with Crippen molar-refractivity contribution < 1.29 is 44.7 Å². The second-order valence-electron chi connectivity index (χ2n) is 9.88. The lowest BCUT2D eigenvalue weighted by Gasteiger charge is -2.19. The van der Waals surface area contributed by atoms with Gasteiger partial charge in [-0.1, -0.05) is 61.9 Å². The summed E-state index contributed by atoms with van der Waals surface area (Å²) >= 11 is 0. The van der Waals surface area contributed by atoms with Crippen LogP contribution in [0.5, 0.6) is 0 Å².